The van der Waals surface area contributed by atoms with Crippen molar-refractivity contribution in [1.29, 1.82) is 0 Å². The van der Waals surface area contributed by atoms with Gasteiger partial charge in [-0.15, -0.1) is 0 Å². The van der Waals surface area contributed by atoms with Crippen LogP contribution in [0.15, 0.2) is 60.2 Å². The van der Waals surface area contributed by atoms with Crippen LogP contribution in [0.25, 0.3) is 28.2 Å². The molecule has 0 aliphatic carbocycles. The number of carbonyl (C=O) groups excluding carboxylic acids is 1. The highest BCUT2D eigenvalue weighted by Crippen LogP contribution is 2.34. The molecule has 0 radical (unpaired) electrons. The van der Waals surface area contributed by atoms with Crippen LogP contribution in [0.5, 0.6) is 0 Å². The zero-order valence-corrected chi connectivity index (χ0v) is 14.2. The zero-order valence-electron chi connectivity index (χ0n) is 14.2. The predicted octanol–water partition coefficient (Wildman–Crippen LogP) is 4.81. The van der Waals surface area contributed by atoms with Gasteiger partial charge >= 0.3 is 5.97 Å². The molecule has 0 aliphatic rings. The van der Waals surface area contributed by atoms with E-state index in [0.29, 0.717) is 12.2 Å². The number of aromatic nitrogens is 1. The molecular formula is C21H21NO2. The number of benzene rings is 2. The van der Waals surface area contributed by atoms with Gasteiger partial charge in [0.05, 0.1) is 12.3 Å². The van der Waals surface area contributed by atoms with E-state index in [1.54, 1.807) is 6.92 Å². The number of rotatable bonds is 4. The van der Waals surface area contributed by atoms with Gasteiger partial charge in [-0.2, -0.15) is 0 Å². The van der Waals surface area contributed by atoms with Gasteiger partial charge < -0.3 is 9.30 Å². The smallest absolute Gasteiger partial charge is 0.333 e. The minimum absolute atomic E-state index is 0.274. The maximum Gasteiger partial charge on any atom is 0.333 e. The third-order valence-electron chi connectivity index (χ3n) is 4.15. The number of carbonyl (C=O) groups is 1. The van der Waals surface area contributed by atoms with Crippen molar-refractivity contribution in [2.45, 2.75) is 13.8 Å². The van der Waals surface area contributed by atoms with Gasteiger partial charge in [-0.1, -0.05) is 48.5 Å². The van der Waals surface area contributed by atoms with E-state index >= 15 is 0 Å². The monoisotopic (exact) mass is 319 g/mol. The summed E-state index contributed by atoms with van der Waals surface area (Å²) in [6.07, 6.45) is 1.93. The van der Waals surface area contributed by atoms with E-state index in [-0.39, 0.29) is 5.97 Å². The maximum atomic E-state index is 12.0. The van der Waals surface area contributed by atoms with Crippen molar-refractivity contribution < 1.29 is 9.53 Å². The van der Waals surface area contributed by atoms with Crippen molar-refractivity contribution in [3.05, 3.63) is 65.7 Å². The Labute approximate surface area is 142 Å². The van der Waals surface area contributed by atoms with E-state index in [2.05, 4.69) is 35.9 Å². The Hall–Kier alpha value is -2.81. The second-order valence-corrected chi connectivity index (χ2v) is 5.75. The zero-order chi connectivity index (χ0) is 17.1. The molecule has 3 heteroatoms. The minimum atomic E-state index is -0.274. The third-order valence-corrected chi connectivity index (χ3v) is 4.15. The number of fused-ring (bicyclic) bond motifs is 1. The Bertz CT molecular complexity index is 904. The lowest BCUT2D eigenvalue weighted by atomic mass is 10.0. The largest absolute Gasteiger partial charge is 0.463 e. The molecule has 0 atom stereocenters. The number of ether oxygens (including phenoxy) is 1. The fourth-order valence-electron chi connectivity index (χ4n) is 3.03. The second-order valence-electron chi connectivity index (χ2n) is 5.75. The maximum absolute atomic E-state index is 12.0. The van der Waals surface area contributed by atoms with Gasteiger partial charge in [-0.25, -0.2) is 4.79 Å². The van der Waals surface area contributed by atoms with E-state index in [0.717, 1.165) is 27.7 Å². The molecule has 0 bridgehead atoms. The number of esters is 1. The number of hydrogen-bond acceptors (Lipinski definition) is 2. The first-order valence-electron chi connectivity index (χ1n) is 8.11. The molecule has 0 fully saturated rings. The molecule has 0 amide bonds. The molecule has 0 aliphatic heterocycles. The Kier molecular flexibility index (Phi) is 4.52. The molecule has 24 heavy (non-hydrogen) atoms. The average Bonchev–Trinajstić information content (AvgIpc) is 2.88. The topological polar surface area (TPSA) is 31.2 Å². The fraction of sp³-hybridized carbons (Fsp3) is 0.190. The highest BCUT2D eigenvalue weighted by atomic mass is 16.5. The van der Waals surface area contributed by atoms with Gasteiger partial charge in [0, 0.05) is 29.1 Å². The van der Waals surface area contributed by atoms with Gasteiger partial charge in [-0.05, 0) is 31.6 Å². The summed E-state index contributed by atoms with van der Waals surface area (Å²) < 4.78 is 7.30. The third kappa shape index (κ3) is 2.85. The van der Waals surface area contributed by atoms with Crippen molar-refractivity contribution in [2.24, 2.45) is 7.05 Å². The molecule has 3 aromatic rings. The number of para-hydroxylation sites is 1. The molecule has 0 saturated heterocycles. The fourth-order valence-corrected chi connectivity index (χ4v) is 3.03. The molecule has 122 valence electrons. The van der Waals surface area contributed by atoms with Gasteiger partial charge in [0.15, 0.2) is 0 Å². The van der Waals surface area contributed by atoms with Crippen LogP contribution in [-0.4, -0.2) is 17.1 Å². The Balaban J connectivity index is 2.26. The summed E-state index contributed by atoms with van der Waals surface area (Å²) in [4.78, 5) is 12.0. The van der Waals surface area contributed by atoms with Crippen molar-refractivity contribution in [2.75, 3.05) is 6.61 Å². The van der Waals surface area contributed by atoms with Gasteiger partial charge in [-0.3, -0.25) is 0 Å². The Morgan fingerprint density at radius 3 is 2.46 bits per heavy atom. The first-order chi connectivity index (χ1) is 11.6. The summed E-state index contributed by atoms with van der Waals surface area (Å²) in [5.41, 5.74) is 5.01. The van der Waals surface area contributed by atoms with Gasteiger partial charge in [0.2, 0.25) is 0 Å². The molecule has 0 unspecified atom stereocenters. The van der Waals surface area contributed by atoms with Gasteiger partial charge in [0.1, 0.15) is 0 Å². The van der Waals surface area contributed by atoms with Crippen LogP contribution in [0.3, 0.4) is 0 Å². The van der Waals surface area contributed by atoms with E-state index < -0.39 is 0 Å². The summed E-state index contributed by atoms with van der Waals surface area (Å²) >= 11 is 0. The second kappa shape index (κ2) is 6.75. The van der Waals surface area contributed by atoms with Crippen molar-refractivity contribution in [3.63, 3.8) is 0 Å². The minimum Gasteiger partial charge on any atom is -0.463 e. The molecular weight excluding hydrogens is 298 g/mol. The lowest BCUT2D eigenvalue weighted by Gasteiger charge is -2.07. The van der Waals surface area contributed by atoms with Gasteiger partial charge in [0.25, 0.3) is 0 Å². The number of hydrogen-bond donors (Lipinski definition) is 0. The Morgan fingerprint density at radius 2 is 1.75 bits per heavy atom. The molecule has 3 nitrogen and oxygen atoms in total. The number of aryl methyl sites for hydroxylation is 1. The van der Waals surface area contributed by atoms with E-state index in [9.17, 15) is 4.79 Å². The SMILES string of the molecule is CCOC(=O)/C(C)=C/c1c(-c2ccccc2)n(C)c2ccccc12. The lowest BCUT2D eigenvalue weighted by molar-refractivity contribution is -0.138. The van der Waals surface area contributed by atoms with Crippen LogP contribution >= 0.6 is 0 Å². The van der Waals surface area contributed by atoms with Crippen molar-refractivity contribution in [3.8, 4) is 11.3 Å². The first-order valence-corrected chi connectivity index (χ1v) is 8.11. The summed E-state index contributed by atoms with van der Waals surface area (Å²) in [5, 5.41) is 1.13. The lowest BCUT2D eigenvalue weighted by Crippen LogP contribution is -2.04. The summed E-state index contributed by atoms with van der Waals surface area (Å²) in [6, 6.07) is 18.5. The van der Waals surface area contributed by atoms with Crippen LogP contribution in [-0.2, 0) is 16.6 Å². The molecule has 2 aromatic carbocycles. The van der Waals surface area contributed by atoms with Crippen LogP contribution in [0.4, 0.5) is 0 Å². The van der Waals surface area contributed by atoms with Crippen LogP contribution < -0.4 is 0 Å². The first kappa shape index (κ1) is 16.1. The quantitative estimate of drug-likeness (QED) is 0.510. The molecule has 0 saturated carbocycles. The van der Waals surface area contributed by atoms with Crippen LogP contribution in [0, 0.1) is 0 Å². The predicted molar refractivity (Wildman–Crippen MR) is 98.6 cm³/mol. The van der Waals surface area contributed by atoms with Crippen molar-refractivity contribution >= 4 is 22.9 Å². The van der Waals surface area contributed by atoms with E-state index in [1.165, 1.54) is 0 Å². The molecule has 1 aromatic heterocycles. The average molecular weight is 319 g/mol. The molecule has 0 spiro atoms. The number of nitrogens with zero attached hydrogens (tertiary/aromatic N) is 1. The molecule has 3 rings (SSSR count). The molecule has 0 N–H and O–H groups in total. The van der Waals surface area contributed by atoms with Crippen molar-refractivity contribution in [1.82, 2.24) is 4.57 Å². The molecule has 1 heterocycles. The highest BCUT2D eigenvalue weighted by molar-refractivity contribution is 6.02. The Morgan fingerprint density at radius 1 is 1.08 bits per heavy atom. The van der Waals surface area contributed by atoms with Crippen LogP contribution in [0.2, 0.25) is 0 Å². The van der Waals surface area contributed by atoms with E-state index in [1.807, 2.05) is 43.3 Å². The summed E-state index contributed by atoms with van der Waals surface area (Å²) in [5.74, 6) is -0.274. The van der Waals surface area contributed by atoms with Crippen LogP contribution in [0.1, 0.15) is 19.4 Å². The standard InChI is InChI=1S/C21H21NO2/c1-4-24-21(23)15(2)14-18-17-12-8-9-13-19(17)22(3)20(18)16-10-6-5-7-11-16/h5-14H,4H2,1-3H3/b15-14+. The summed E-state index contributed by atoms with van der Waals surface area (Å²) in [6.45, 7) is 4.00. The summed E-state index contributed by atoms with van der Waals surface area (Å²) in [7, 11) is 2.06. The van der Waals surface area contributed by atoms with E-state index in [4.69, 9.17) is 4.74 Å². The highest BCUT2D eigenvalue weighted by Gasteiger charge is 2.16. The normalized spacial score (nSPS) is 11.7.